The largest absolute Gasteiger partial charge is 0.472 e. The number of furan rings is 1. The lowest BCUT2D eigenvalue weighted by Gasteiger charge is -2.16. The van der Waals surface area contributed by atoms with Crippen molar-refractivity contribution in [2.24, 2.45) is 5.73 Å². The van der Waals surface area contributed by atoms with Gasteiger partial charge in [0.1, 0.15) is 11.6 Å². The number of benzene rings is 2. The Balaban J connectivity index is 1.36. The number of rotatable bonds is 6. The number of nitrogens with zero attached hydrogens (tertiary/aromatic N) is 2. The van der Waals surface area contributed by atoms with Crippen molar-refractivity contribution in [1.82, 2.24) is 20.2 Å². The minimum Gasteiger partial charge on any atom is -0.472 e. The molecule has 2 aromatic carbocycles. The molecule has 0 saturated carbocycles. The van der Waals surface area contributed by atoms with Crippen LogP contribution in [0.3, 0.4) is 0 Å². The van der Waals surface area contributed by atoms with Crippen LogP contribution >= 0.6 is 0 Å². The van der Waals surface area contributed by atoms with E-state index in [9.17, 15) is 8.78 Å². The molecule has 0 aliphatic rings. The van der Waals surface area contributed by atoms with E-state index in [0.29, 0.717) is 29.6 Å². The van der Waals surface area contributed by atoms with E-state index in [4.69, 9.17) is 20.9 Å². The number of hydrogen-bond donors (Lipinski definition) is 4. The summed E-state index contributed by atoms with van der Waals surface area (Å²) in [5.41, 5.74) is 20.3. The molecule has 1 atom stereocenters. The first-order valence-corrected chi connectivity index (χ1v) is 11.8. The van der Waals surface area contributed by atoms with Gasteiger partial charge in [-0.25, -0.2) is 13.8 Å². The molecule has 4 heterocycles. The van der Waals surface area contributed by atoms with Crippen molar-refractivity contribution in [1.29, 1.82) is 0 Å². The normalized spacial score (nSPS) is 12.5. The fraction of sp³-hybridized carbons (Fsp3) is 0.143. The van der Waals surface area contributed by atoms with Gasteiger partial charge in [-0.05, 0) is 54.8 Å². The van der Waals surface area contributed by atoms with Crippen molar-refractivity contribution in [3.63, 3.8) is 0 Å². The van der Waals surface area contributed by atoms with Crippen LogP contribution in [0, 0.1) is 18.6 Å². The molecule has 9 heteroatoms. The van der Waals surface area contributed by atoms with E-state index < -0.39 is 11.6 Å². The summed E-state index contributed by atoms with van der Waals surface area (Å²) in [5.74, 6) is -1.26. The number of nitrogens with two attached hydrogens (primary N) is 2. The van der Waals surface area contributed by atoms with Crippen LogP contribution in [0.2, 0.25) is 0 Å². The lowest BCUT2D eigenvalue weighted by atomic mass is 9.96. The number of halogens is 2. The maximum Gasteiger partial charge on any atom is 0.150 e. The number of aromatic nitrogens is 4. The van der Waals surface area contributed by atoms with Gasteiger partial charge in [-0.1, -0.05) is 6.07 Å². The first kappa shape index (κ1) is 22.9. The van der Waals surface area contributed by atoms with Gasteiger partial charge >= 0.3 is 0 Å². The number of nitrogen functional groups attached to an aromatic ring is 1. The van der Waals surface area contributed by atoms with Crippen molar-refractivity contribution in [2.75, 3.05) is 5.73 Å². The molecule has 37 heavy (non-hydrogen) atoms. The molecule has 0 saturated heterocycles. The number of anilines is 1. The van der Waals surface area contributed by atoms with E-state index in [0.717, 1.165) is 50.6 Å². The van der Waals surface area contributed by atoms with Gasteiger partial charge in [-0.3, -0.25) is 5.10 Å². The second kappa shape index (κ2) is 8.86. The Labute approximate surface area is 210 Å². The van der Waals surface area contributed by atoms with Crippen molar-refractivity contribution >= 4 is 27.5 Å². The second-order valence-corrected chi connectivity index (χ2v) is 9.31. The fourth-order valence-corrected chi connectivity index (χ4v) is 4.86. The van der Waals surface area contributed by atoms with E-state index in [2.05, 4.69) is 21.2 Å². The molecule has 0 aliphatic heterocycles. The van der Waals surface area contributed by atoms with Crippen LogP contribution in [0.25, 0.3) is 44.2 Å². The summed E-state index contributed by atoms with van der Waals surface area (Å²) < 4.78 is 33.3. The molecule has 186 valence electrons. The Kier molecular flexibility index (Phi) is 5.49. The number of H-pyrrole nitrogens is 2. The third-order valence-electron chi connectivity index (χ3n) is 6.71. The maximum absolute atomic E-state index is 14.1. The zero-order chi connectivity index (χ0) is 25.7. The predicted molar refractivity (Wildman–Crippen MR) is 140 cm³/mol. The molecule has 0 bridgehead atoms. The summed E-state index contributed by atoms with van der Waals surface area (Å²) in [5, 5.41) is 8.82. The van der Waals surface area contributed by atoms with E-state index >= 15 is 0 Å². The number of hydrogen-bond acceptors (Lipinski definition) is 5. The highest BCUT2D eigenvalue weighted by Gasteiger charge is 2.19. The minimum atomic E-state index is -0.634. The van der Waals surface area contributed by atoms with E-state index in [1.54, 1.807) is 18.7 Å². The molecule has 6 N–H and O–H groups in total. The highest BCUT2D eigenvalue weighted by Crippen LogP contribution is 2.35. The Hall–Kier alpha value is -4.50. The van der Waals surface area contributed by atoms with Crippen molar-refractivity contribution in [3.8, 4) is 22.4 Å². The fourth-order valence-electron chi connectivity index (χ4n) is 4.86. The zero-order valence-corrected chi connectivity index (χ0v) is 20.0. The topological polar surface area (TPSA) is 123 Å². The van der Waals surface area contributed by atoms with Crippen LogP contribution in [0.1, 0.15) is 17.0 Å². The molecule has 0 spiro atoms. The highest BCUT2D eigenvalue weighted by molar-refractivity contribution is 5.90. The van der Waals surface area contributed by atoms with Gasteiger partial charge in [-0.15, -0.1) is 0 Å². The molecule has 4 aromatic heterocycles. The highest BCUT2D eigenvalue weighted by atomic mass is 19.1. The summed E-state index contributed by atoms with van der Waals surface area (Å²) in [6, 6.07) is 11.6. The number of aryl methyl sites for hydroxylation is 1. The van der Waals surface area contributed by atoms with Crippen LogP contribution in [0.5, 0.6) is 0 Å². The van der Waals surface area contributed by atoms with Gasteiger partial charge in [0, 0.05) is 52.3 Å². The number of fused-ring (bicyclic) bond motifs is 2. The third kappa shape index (κ3) is 4.13. The quantitative estimate of drug-likeness (QED) is 0.236. The van der Waals surface area contributed by atoms with Crippen molar-refractivity contribution in [2.45, 2.75) is 25.8 Å². The van der Waals surface area contributed by atoms with Crippen LogP contribution in [0.15, 0.2) is 65.6 Å². The van der Waals surface area contributed by atoms with Gasteiger partial charge in [-0.2, -0.15) is 5.10 Å². The average molecular weight is 499 g/mol. The molecule has 0 aliphatic carbocycles. The molecule has 6 rings (SSSR count). The van der Waals surface area contributed by atoms with Gasteiger partial charge in [0.05, 0.1) is 40.6 Å². The molecule has 0 fully saturated rings. The Morgan fingerprint density at radius 2 is 1.89 bits per heavy atom. The number of pyridine rings is 1. The second-order valence-electron chi connectivity index (χ2n) is 9.31. The van der Waals surface area contributed by atoms with Crippen LogP contribution in [-0.2, 0) is 12.8 Å². The first-order valence-electron chi connectivity index (χ1n) is 11.8. The van der Waals surface area contributed by atoms with Crippen molar-refractivity contribution < 1.29 is 13.2 Å². The molecule has 7 nitrogen and oxygen atoms in total. The van der Waals surface area contributed by atoms with Gasteiger partial charge < -0.3 is 20.9 Å². The molecular weight excluding hydrogens is 474 g/mol. The van der Waals surface area contributed by atoms with Gasteiger partial charge in [0.15, 0.2) is 0 Å². The minimum absolute atomic E-state index is 0.262. The van der Waals surface area contributed by atoms with E-state index in [1.807, 2.05) is 31.2 Å². The summed E-state index contributed by atoms with van der Waals surface area (Å²) in [7, 11) is 0. The smallest absolute Gasteiger partial charge is 0.150 e. The summed E-state index contributed by atoms with van der Waals surface area (Å²) in [4.78, 5) is 7.80. The molecular formula is C28H24F2N6O. The lowest BCUT2D eigenvalue weighted by Crippen LogP contribution is -2.26. The molecule has 0 unspecified atom stereocenters. The Bertz CT molecular complexity index is 1750. The van der Waals surface area contributed by atoms with Crippen LogP contribution < -0.4 is 11.5 Å². The van der Waals surface area contributed by atoms with Gasteiger partial charge in [0.25, 0.3) is 0 Å². The van der Waals surface area contributed by atoms with E-state index in [-0.39, 0.29) is 11.6 Å². The monoisotopic (exact) mass is 498 g/mol. The first-order chi connectivity index (χ1) is 17.9. The van der Waals surface area contributed by atoms with Crippen molar-refractivity contribution in [3.05, 3.63) is 89.8 Å². The summed E-state index contributed by atoms with van der Waals surface area (Å²) >= 11 is 0. The predicted octanol–water partition coefficient (Wildman–Crippen LogP) is 5.65. The summed E-state index contributed by atoms with van der Waals surface area (Å²) in [6.45, 7) is 1.98. The third-order valence-corrected chi connectivity index (χ3v) is 6.71. The van der Waals surface area contributed by atoms with Gasteiger partial charge in [0.2, 0.25) is 0 Å². The summed E-state index contributed by atoms with van der Waals surface area (Å²) in [6.07, 6.45) is 5.67. The Morgan fingerprint density at radius 1 is 1.03 bits per heavy atom. The standard InChI is InChI=1S/C28H24F2N6O/c1-14-20-7-15(2-3-25(20)36-35-14)22-11-24(32)26(34-27(22)16-4-5-37-13-16)10-19(31)6-17-12-33-28-21(17)8-18(29)9-23(28)30/h2-5,7-9,11-13,19,33H,6,10,31-32H2,1H3,(H,35,36)/t19-/m0/s1. The van der Waals surface area contributed by atoms with Crippen LogP contribution in [-0.4, -0.2) is 26.2 Å². The molecule has 0 radical (unpaired) electrons. The lowest BCUT2D eigenvalue weighted by molar-refractivity contribution is 0.568. The van der Waals surface area contributed by atoms with E-state index in [1.165, 1.54) is 6.07 Å². The average Bonchev–Trinajstić information content (AvgIpc) is 3.62. The number of aromatic amines is 2. The SMILES string of the molecule is Cc1[nH]nc2ccc(-c3cc(N)c(C[C@@H](N)Cc4c[nH]c5c(F)cc(F)cc45)nc3-c3ccoc3)cc12. The Morgan fingerprint density at radius 3 is 2.70 bits per heavy atom. The molecule has 6 aromatic rings. The van der Waals surface area contributed by atoms with Crippen LogP contribution in [0.4, 0.5) is 14.5 Å². The number of nitrogens with one attached hydrogen (secondary N) is 2. The zero-order valence-electron chi connectivity index (χ0n) is 20.0. The molecule has 0 amide bonds. The maximum atomic E-state index is 14.1.